The van der Waals surface area contributed by atoms with Crippen molar-refractivity contribution in [3.63, 3.8) is 0 Å². The number of rotatable bonds is 5. The minimum atomic E-state index is -0.0144. The molecule has 0 saturated carbocycles. The Morgan fingerprint density at radius 3 is 2.97 bits per heavy atom. The van der Waals surface area contributed by atoms with Crippen molar-refractivity contribution in [2.45, 2.75) is 19.4 Å². The summed E-state index contributed by atoms with van der Waals surface area (Å²) in [4.78, 5) is 20.6. The quantitative estimate of drug-likeness (QED) is 0.648. The van der Waals surface area contributed by atoms with Crippen molar-refractivity contribution in [1.82, 2.24) is 15.1 Å². The van der Waals surface area contributed by atoms with E-state index in [9.17, 15) is 4.79 Å². The molecule has 172 valence electrons. The molecule has 0 spiro atoms. The molecule has 0 radical (unpaired) electrons. The molecule has 0 aromatic heterocycles. The highest BCUT2D eigenvalue weighted by Gasteiger charge is 2.33. The lowest BCUT2D eigenvalue weighted by Crippen LogP contribution is -2.43. The van der Waals surface area contributed by atoms with Crippen LogP contribution in [0.3, 0.4) is 0 Å². The number of methoxy groups -OCH3 is 1. The molecule has 1 aromatic rings. The third kappa shape index (κ3) is 4.57. The van der Waals surface area contributed by atoms with Crippen LogP contribution < -0.4 is 15.4 Å². The number of halogens is 1. The molecular weight excluding hydrogens is 438 g/mol. The maximum Gasteiger partial charge on any atom is 0.320 e. The van der Waals surface area contributed by atoms with Gasteiger partial charge in [0.2, 0.25) is 0 Å². The number of nitrogens with one attached hydrogen (secondary N) is 2. The van der Waals surface area contributed by atoms with Gasteiger partial charge in [-0.25, -0.2) is 9.79 Å². The Labute approximate surface area is 199 Å². The summed E-state index contributed by atoms with van der Waals surface area (Å²) in [6.07, 6.45) is 14.6. The molecule has 0 bridgehead atoms. The molecule has 3 aliphatic heterocycles. The second-order valence-corrected chi connectivity index (χ2v) is 8.54. The number of terminal acetylenes is 1. The van der Waals surface area contributed by atoms with E-state index in [1.165, 1.54) is 5.57 Å². The highest BCUT2D eigenvalue weighted by molar-refractivity contribution is 6.33. The van der Waals surface area contributed by atoms with Crippen LogP contribution in [-0.2, 0) is 0 Å². The first-order valence-electron chi connectivity index (χ1n) is 11.0. The number of carbonyl (C=O) groups excluding carboxylic acids is 1. The van der Waals surface area contributed by atoms with Gasteiger partial charge in [0.05, 0.1) is 24.1 Å². The molecule has 4 rings (SSSR count). The number of amidine groups is 1. The van der Waals surface area contributed by atoms with Gasteiger partial charge in [0.25, 0.3) is 0 Å². The lowest BCUT2D eigenvalue weighted by molar-refractivity contribution is 0.168. The summed E-state index contributed by atoms with van der Waals surface area (Å²) in [7, 11) is 3.40. The molecule has 0 aliphatic carbocycles. The number of anilines is 1. The predicted octanol–water partition coefficient (Wildman–Crippen LogP) is 3.84. The summed E-state index contributed by atoms with van der Waals surface area (Å²) in [5.41, 5.74) is 3.67. The number of urea groups is 1. The van der Waals surface area contributed by atoms with Crippen molar-refractivity contribution in [3.8, 4) is 18.1 Å². The van der Waals surface area contributed by atoms with E-state index in [0.29, 0.717) is 36.0 Å². The van der Waals surface area contributed by atoms with Crippen LogP contribution in [0.4, 0.5) is 10.5 Å². The average Bonchev–Trinajstić information content (AvgIpc) is 3.29. The van der Waals surface area contributed by atoms with Crippen LogP contribution in [0.5, 0.6) is 5.75 Å². The molecule has 7 nitrogen and oxygen atoms in total. The lowest BCUT2D eigenvalue weighted by atomic mass is 9.96. The van der Waals surface area contributed by atoms with E-state index >= 15 is 0 Å². The lowest BCUT2D eigenvalue weighted by Gasteiger charge is -2.30. The van der Waals surface area contributed by atoms with Crippen molar-refractivity contribution in [2.75, 3.05) is 39.1 Å². The summed E-state index contributed by atoms with van der Waals surface area (Å²) in [5.74, 6) is 4.09. The SMILES string of the molecule is C#Cc1cc(NC2C=CN=C3NC(C4=CCN(C(=O)N(C)CC)CC4)=CC32)cc(OC)c1Cl. The van der Waals surface area contributed by atoms with Crippen molar-refractivity contribution in [3.05, 3.63) is 58.4 Å². The molecule has 33 heavy (non-hydrogen) atoms. The van der Waals surface area contributed by atoms with Crippen molar-refractivity contribution >= 4 is 29.2 Å². The van der Waals surface area contributed by atoms with Gasteiger partial charge in [0, 0.05) is 55.9 Å². The largest absolute Gasteiger partial charge is 0.495 e. The van der Waals surface area contributed by atoms with E-state index in [-0.39, 0.29) is 18.0 Å². The van der Waals surface area contributed by atoms with Crippen molar-refractivity contribution in [1.29, 1.82) is 0 Å². The zero-order valence-corrected chi connectivity index (χ0v) is 19.8. The summed E-state index contributed by atoms with van der Waals surface area (Å²) in [6.45, 7) is 3.98. The monoisotopic (exact) mass is 465 g/mol. The van der Waals surface area contributed by atoms with E-state index in [1.54, 1.807) is 18.2 Å². The number of allylic oxidation sites excluding steroid dienone is 1. The van der Waals surface area contributed by atoms with Gasteiger partial charge in [-0.2, -0.15) is 0 Å². The number of nitrogens with zero attached hydrogens (tertiary/aromatic N) is 3. The number of benzene rings is 1. The topological polar surface area (TPSA) is 69.2 Å². The van der Waals surface area contributed by atoms with Gasteiger partial charge >= 0.3 is 6.03 Å². The molecule has 1 aromatic carbocycles. The number of fused-ring (bicyclic) bond motifs is 1. The molecule has 3 heterocycles. The maximum atomic E-state index is 12.4. The van der Waals surface area contributed by atoms with Crippen molar-refractivity contribution in [2.24, 2.45) is 10.9 Å². The Kier molecular flexibility index (Phi) is 6.66. The number of hydrogen-bond acceptors (Lipinski definition) is 5. The Balaban J connectivity index is 1.50. The van der Waals surface area contributed by atoms with Gasteiger partial charge in [-0.15, -0.1) is 6.42 Å². The molecule has 3 aliphatic rings. The van der Waals surface area contributed by atoms with Crippen LogP contribution in [0.1, 0.15) is 18.9 Å². The van der Waals surface area contributed by atoms with Crippen LogP contribution in [0.15, 0.2) is 52.8 Å². The first-order valence-corrected chi connectivity index (χ1v) is 11.4. The maximum absolute atomic E-state index is 12.4. The van der Waals surface area contributed by atoms with E-state index in [0.717, 1.165) is 23.6 Å². The van der Waals surface area contributed by atoms with E-state index < -0.39 is 0 Å². The molecule has 2 atom stereocenters. The minimum Gasteiger partial charge on any atom is -0.495 e. The van der Waals surface area contributed by atoms with Gasteiger partial charge in [0.15, 0.2) is 0 Å². The fourth-order valence-corrected chi connectivity index (χ4v) is 4.41. The molecule has 2 amide bonds. The molecule has 2 unspecified atom stereocenters. The third-order valence-electron chi connectivity index (χ3n) is 6.19. The number of amides is 2. The van der Waals surface area contributed by atoms with Crippen LogP contribution in [0.2, 0.25) is 5.02 Å². The fraction of sp³-hybridized carbons (Fsp3) is 0.360. The summed E-state index contributed by atoms with van der Waals surface area (Å²) in [6, 6.07) is 3.74. The normalized spacial score (nSPS) is 21.2. The highest BCUT2D eigenvalue weighted by Crippen LogP contribution is 2.34. The van der Waals surface area contributed by atoms with Crippen molar-refractivity contribution < 1.29 is 9.53 Å². The molecular formula is C25H28ClN5O2. The van der Waals surface area contributed by atoms with Crippen LogP contribution in [0.25, 0.3) is 0 Å². The molecule has 2 N–H and O–H groups in total. The average molecular weight is 466 g/mol. The molecule has 0 saturated heterocycles. The standard InChI is InChI=1S/C25H28ClN5O2/c1-5-16-13-18(14-22(33-4)23(16)26)28-20-7-10-27-24-19(20)15-21(29-24)17-8-11-31(12-9-17)25(32)30(3)6-2/h1,7-8,10,13-15,19-20,28H,6,9,11-12H2,2-4H3,(H,27,29). The van der Waals surface area contributed by atoms with Crippen LogP contribution >= 0.6 is 11.6 Å². The second-order valence-electron chi connectivity index (χ2n) is 8.16. The molecule has 0 fully saturated rings. The number of hydrogen-bond donors (Lipinski definition) is 2. The Morgan fingerprint density at radius 2 is 2.30 bits per heavy atom. The number of ether oxygens (including phenoxy) is 1. The van der Waals surface area contributed by atoms with Gasteiger partial charge in [-0.05, 0) is 37.1 Å². The van der Waals surface area contributed by atoms with Gasteiger partial charge in [0.1, 0.15) is 11.6 Å². The van der Waals surface area contributed by atoms with E-state index in [2.05, 4.69) is 33.7 Å². The van der Waals surface area contributed by atoms with E-state index in [1.807, 2.05) is 37.1 Å². The van der Waals surface area contributed by atoms with Gasteiger partial charge in [-0.1, -0.05) is 23.6 Å². The summed E-state index contributed by atoms with van der Waals surface area (Å²) >= 11 is 6.29. The summed E-state index contributed by atoms with van der Waals surface area (Å²) in [5, 5.41) is 7.43. The third-order valence-corrected chi connectivity index (χ3v) is 6.58. The Bertz CT molecular complexity index is 1110. The highest BCUT2D eigenvalue weighted by atomic mass is 35.5. The van der Waals surface area contributed by atoms with E-state index in [4.69, 9.17) is 22.8 Å². The predicted molar refractivity (Wildman–Crippen MR) is 133 cm³/mol. The zero-order valence-electron chi connectivity index (χ0n) is 19.1. The van der Waals surface area contributed by atoms with Crippen LogP contribution in [0, 0.1) is 18.3 Å². The van der Waals surface area contributed by atoms with Gasteiger partial charge < -0.3 is 25.2 Å². The first kappa shape index (κ1) is 22.8. The fourth-order valence-electron chi connectivity index (χ4n) is 4.17. The zero-order chi connectivity index (χ0) is 23.5. The minimum absolute atomic E-state index is 0.0144. The second kappa shape index (κ2) is 9.63. The Morgan fingerprint density at radius 1 is 1.48 bits per heavy atom. The first-order chi connectivity index (χ1) is 15.9. The van der Waals surface area contributed by atoms with Gasteiger partial charge in [-0.3, -0.25) is 0 Å². The number of aliphatic imine (C=N–C) groups is 1. The summed E-state index contributed by atoms with van der Waals surface area (Å²) < 4.78 is 5.38. The smallest absolute Gasteiger partial charge is 0.320 e. The Hall–Kier alpha value is -3.37. The molecule has 8 heteroatoms. The van der Waals surface area contributed by atoms with Crippen LogP contribution in [-0.4, -0.2) is 61.5 Å². The number of carbonyl (C=O) groups is 1.